The fourth-order valence-corrected chi connectivity index (χ4v) is 3.90. The average molecular weight is 444 g/mol. The van der Waals surface area contributed by atoms with Crippen LogP contribution in [0.3, 0.4) is 0 Å². The van der Waals surface area contributed by atoms with Gasteiger partial charge in [-0.2, -0.15) is 0 Å². The van der Waals surface area contributed by atoms with E-state index in [2.05, 4.69) is 24.9 Å². The molecule has 32 heavy (non-hydrogen) atoms. The zero-order valence-electron chi connectivity index (χ0n) is 20.1. The van der Waals surface area contributed by atoms with E-state index in [1.165, 1.54) is 19.3 Å². The number of benzene rings is 1. The maximum absolute atomic E-state index is 14.3. The van der Waals surface area contributed by atoms with Gasteiger partial charge >= 0.3 is 0 Å². The van der Waals surface area contributed by atoms with Crippen molar-refractivity contribution in [2.45, 2.75) is 103 Å². The summed E-state index contributed by atoms with van der Waals surface area (Å²) in [6.45, 7) is 4.39. The van der Waals surface area contributed by atoms with Crippen LogP contribution in [0.25, 0.3) is 11.1 Å². The predicted molar refractivity (Wildman–Crippen MR) is 132 cm³/mol. The Bertz CT molecular complexity index is 737. The summed E-state index contributed by atoms with van der Waals surface area (Å²) in [6, 6.07) is 12.1. The number of hydrogen-bond acceptors (Lipinski definition) is 3. The van der Waals surface area contributed by atoms with E-state index >= 15 is 0 Å². The molecule has 0 saturated carbocycles. The van der Waals surface area contributed by atoms with Crippen LogP contribution in [0.15, 0.2) is 42.6 Å². The first-order valence-electron chi connectivity index (χ1n) is 12.6. The highest BCUT2D eigenvalue weighted by Crippen LogP contribution is 2.30. The largest absolute Gasteiger partial charge is 0.474 e. The molecule has 4 heteroatoms. The van der Waals surface area contributed by atoms with E-state index in [0.717, 1.165) is 68.1 Å². The van der Waals surface area contributed by atoms with E-state index in [9.17, 15) is 9.50 Å². The van der Waals surface area contributed by atoms with Gasteiger partial charge in [0.15, 0.2) is 0 Å². The number of hydrogen-bond donors (Lipinski definition) is 1. The Morgan fingerprint density at radius 3 is 2.28 bits per heavy atom. The minimum atomic E-state index is -0.972. The number of rotatable bonds is 17. The normalized spacial score (nSPS) is 13.1. The molecule has 1 N–H and O–H groups in total. The van der Waals surface area contributed by atoms with E-state index in [4.69, 9.17) is 4.74 Å². The molecule has 0 aliphatic carbocycles. The van der Waals surface area contributed by atoms with Crippen LogP contribution in [-0.4, -0.2) is 29.0 Å². The van der Waals surface area contributed by atoms with Gasteiger partial charge in [-0.15, -0.1) is 0 Å². The van der Waals surface area contributed by atoms with Gasteiger partial charge in [-0.05, 0) is 42.9 Å². The summed E-state index contributed by atoms with van der Waals surface area (Å²) in [6.07, 6.45) is 12.4. The molecule has 2 atom stereocenters. The lowest BCUT2D eigenvalue weighted by atomic mass is 10.0. The van der Waals surface area contributed by atoms with Gasteiger partial charge in [0.05, 0.1) is 6.10 Å². The zero-order chi connectivity index (χ0) is 23.0. The third-order valence-corrected chi connectivity index (χ3v) is 5.92. The van der Waals surface area contributed by atoms with Crippen molar-refractivity contribution in [1.82, 2.24) is 4.98 Å². The summed E-state index contributed by atoms with van der Waals surface area (Å²) < 4.78 is 20.1. The molecule has 0 radical (unpaired) electrons. The lowest BCUT2D eigenvalue weighted by Crippen LogP contribution is -2.14. The van der Waals surface area contributed by atoms with Gasteiger partial charge in [0, 0.05) is 11.8 Å². The summed E-state index contributed by atoms with van der Waals surface area (Å²) in [4.78, 5) is 4.53. The number of unbranched alkanes of at least 4 members (excludes halogenated alkanes) is 6. The predicted octanol–water partition coefficient (Wildman–Crippen LogP) is 7.70. The van der Waals surface area contributed by atoms with Crippen molar-refractivity contribution in [3.8, 4) is 17.0 Å². The minimum Gasteiger partial charge on any atom is -0.474 e. The second-order valence-corrected chi connectivity index (χ2v) is 8.86. The van der Waals surface area contributed by atoms with Crippen LogP contribution in [0, 0.1) is 0 Å². The Morgan fingerprint density at radius 1 is 0.906 bits per heavy atom. The number of aryl methyl sites for hydroxylation is 1. The molecule has 1 heterocycles. The molecule has 178 valence electrons. The smallest absolute Gasteiger partial charge is 0.221 e. The van der Waals surface area contributed by atoms with E-state index in [1.54, 1.807) is 6.20 Å². The quantitative estimate of drug-likeness (QED) is 0.255. The number of halogens is 1. The lowest BCUT2D eigenvalue weighted by molar-refractivity contribution is 0.151. The molecule has 1 aromatic heterocycles. The molecular formula is C28H42FNO2. The zero-order valence-corrected chi connectivity index (χ0v) is 20.1. The van der Waals surface area contributed by atoms with Gasteiger partial charge in [-0.3, -0.25) is 0 Å². The van der Waals surface area contributed by atoms with E-state index in [1.807, 2.05) is 30.3 Å². The van der Waals surface area contributed by atoms with Gasteiger partial charge in [0.25, 0.3) is 0 Å². The number of aromatic nitrogens is 1. The molecule has 0 saturated heterocycles. The Hall–Kier alpha value is -1.94. The van der Waals surface area contributed by atoms with Crippen LogP contribution in [0.4, 0.5) is 4.39 Å². The maximum Gasteiger partial charge on any atom is 0.221 e. The first-order valence-corrected chi connectivity index (χ1v) is 12.6. The van der Waals surface area contributed by atoms with Crippen LogP contribution in [0.5, 0.6) is 5.88 Å². The van der Waals surface area contributed by atoms with Crippen molar-refractivity contribution in [3.05, 3.63) is 48.2 Å². The summed E-state index contributed by atoms with van der Waals surface area (Å²) in [5.41, 5.74) is 2.97. The number of aliphatic hydroxyl groups excluding tert-OH is 1. The van der Waals surface area contributed by atoms with Crippen LogP contribution in [0.1, 0.15) is 90.0 Å². The summed E-state index contributed by atoms with van der Waals surface area (Å²) >= 11 is 0. The highest BCUT2D eigenvalue weighted by Gasteiger charge is 2.14. The molecule has 0 aliphatic rings. The van der Waals surface area contributed by atoms with Crippen molar-refractivity contribution in [3.63, 3.8) is 0 Å². The highest BCUT2D eigenvalue weighted by atomic mass is 19.1. The van der Waals surface area contributed by atoms with E-state index in [0.29, 0.717) is 12.3 Å². The summed E-state index contributed by atoms with van der Waals surface area (Å²) in [7, 11) is 0. The number of alkyl halides is 1. The van der Waals surface area contributed by atoms with Crippen molar-refractivity contribution in [1.29, 1.82) is 0 Å². The number of pyridine rings is 1. The van der Waals surface area contributed by atoms with Gasteiger partial charge in [-0.1, -0.05) is 95.5 Å². The molecule has 3 nitrogen and oxygen atoms in total. The second-order valence-electron chi connectivity index (χ2n) is 8.86. The second kappa shape index (κ2) is 15.8. The minimum absolute atomic E-state index is 0.0365. The highest BCUT2D eigenvalue weighted by molar-refractivity contribution is 5.69. The Kier molecular flexibility index (Phi) is 13.0. The molecule has 0 amide bonds. The van der Waals surface area contributed by atoms with Crippen molar-refractivity contribution in [2.75, 3.05) is 6.61 Å². The van der Waals surface area contributed by atoms with Crippen LogP contribution < -0.4 is 4.74 Å². The molecule has 0 fully saturated rings. The standard InChI is InChI=1S/C28H42FNO2/c1-3-5-7-12-16-25(29)22-32-28-27(24-14-10-9-11-15-24)20-23(21-30-28)18-19-26(31)17-13-8-6-4-2/h9-11,14-15,20-21,25-26,31H,3-8,12-13,16-19,22H2,1-2H3. The van der Waals surface area contributed by atoms with Gasteiger partial charge in [-0.25, -0.2) is 9.37 Å². The molecule has 0 aliphatic heterocycles. The van der Waals surface area contributed by atoms with Gasteiger partial charge < -0.3 is 9.84 Å². The van der Waals surface area contributed by atoms with Crippen molar-refractivity contribution >= 4 is 0 Å². The number of ether oxygens (including phenoxy) is 1. The van der Waals surface area contributed by atoms with Gasteiger partial charge in [0.2, 0.25) is 5.88 Å². The van der Waals surface area contributed by atoms with E-state index in [-0.39, 0.29) is 12.7 Å². The first kappa shape index (κ1) is 26.3. The van der Waals surface area contributed by atoms with E-state index < -0.39 is 6.17 Å². The lowest BCUT2D eigenvalue weighted by Gasteiger charge is -2.15. The first-order chi connectivity index (χ1) is 15.6. The average Bonchev–Trinajstić information content (AvgIpc) is 2.82. The molecular weight excluding hydrogens is 401 g/mol. The third kappa shape index (κ3) is 10.1. The SMILES string of the molecule is CCCCCCC(O)CCc1cnc(OCC(F)CCCCCC)c(-c2ccccc2)c1. The topological polar surface area (TPSA) is 42.4 Å². The number of nitrogens with zero attached hydrogens (tertiary/aromatic N) is 1. The summed E-state index contributed by atoms with van der Waals surface area (Å²) in [5, 5.41) is 10.3. The fraction of sp³-hybridized carbons (Fsp3) is 0.607. The molecule has 2 unspecified atom stereocenters. The van der Waals surface area contributed by atoms with Crippen LogP contribution in [-0.2, 0) is 6.42 Å². The van der Waals surface area contributed by atoms with Crippen molar-refractivity contribution in [2.24, 2.45) is 0 Å². The van der Waals surface area contributed by atoms with Crippen LogP contribution >= 0.6 is 0 Å². The van der Waals surface area contributed by atoms with Crippen molar-refractivity contribution < 1.29 is 14.2 Å². The number of aliphatic hydroxyl groups is 1. The van der Waals surface area contributed by atoms with Gasteiger partial charge in [0.1, 0.15) is 12.8 Å². The Morgan fingerprint density at radius 2 is 1.59 bits per heavy atom. The molecule has 1 aromatic carbocycles. The maximum atomic E-state index is 14.3. The Balaban J connectivity index is 1.96. The molecule has 0 spiro atoms. The Labute approximate surface area is 194 Å². The monoisotopic (exact) mass is 443 g/mol. The molecule has 2 rings (SSSR count). The third-order valence-electron chi connectivity index (χ3n) is 5.92. The fourth-order valence-electron chi connectivity index (χ4n) is 3.90. The summed E-state index contributed by atoms with van der Waals surface area (Å²) in [5.74, 6) is 0.483. The molecule has 2 aromatic rings. The molecule has 0 bridgehead atoms. The van der Waals surface area contributed by atoms with Crippen LogP contribution in [0.2, 0.25) is 0 Å².